The van der Waals surface area contributed by atoms with Crippen LogP contribution >= 0.6 is 0 Å². The van der Waals surface area contributed by atoms with Crippen molar-refractivity contribution in [2.24, 2.45) is 11.7 Å². The summed E-state index contributed by atoms with van der Waals surface area (Å²) in [5.74, 6) is 6.41. The Morgan fingerprint density at radius 1 is 1.53 bits per heavy atom. The van der Waals surface area contributed by atoms with Gasteiger partial charge in [0.2, 0.25) is 0 Å². The van der Waals surface area contributed by atoms with E-state index in [1.165, 1.54) is 0 Å². The van der Waals surface area contributed by atoms with Gasteiger partial charge in [-0.25, -0.2) is 0 Å². The third kappa shape index (κ3) is 3.36. The average Bonchev–Trinajstić information content (AvgIpc) is 3.14. The highest BCUT2D eigenvalue weighted by molar-refractivity contribution is 5.97. The summed E-state index contributed by atoms with van der Waals surface area (Å²) < 4.78 is 0. The Bertz CT molecular complexity index is 539. The van der Waals surface area contributed by atoms with Crippen LogP contribution in [-0.4, -0.2) is 18.5 Å². The molecule has 3 nitrogen and oxygen atoms in total. The van der Waals surface area contributed by atoms with Crippen LogP contribution in [0.2, 0.25) is 0 Å². The molecule has 1 saturated carbocycles. The number of nitrogens with two attached hydrogens (primary N) is 1. The smallest absolute Gasteiger partial charge is 0.252 e. The Labute approximate surface area is 114 Å². The monoisotopic (exact) mass is 256 g/mol. The van der Waals surface area contributed by atoms with E-state index in [9.17, 15) is 4.79 Å². The minimum Gasteiger partial charge on any atom is -0.349 e. The summed E-state index contributed by atoms with van der Waals surface area (Å²) in [6.07, 6.45) is 2.22. The number of carbonyl (C=O) groups excluding carboxylic acids is 1. The van der Waals surface area contributed by atoms with Gasteiger partial charge in [0, 0.05) is 11.6 Å². The molecule has 3 heteroatoms. The average molecular weight is 256 g/mol. The number of nitrogens with one attached hydrogen (secondary N) is 1. The van der Waals surface area contributed by atoms with Gasteiger partial charge in [0.15, 0.2) is 0 Å². The molecule has 2 atom stereocenters. The molecule has 1 aliphatic rings. The number of benzene rings is 1. The molecular formula is C16H20N2O. The van der Waals surface area contributed by atoms with Gasteiger partial charge in [-0.2, -0.15) is 0 Å². The molecule has 1 aliphatic carbocycles. The van der Waals surface area contributed by atoms with E-state index in [1.54, 1.807) is 0 Å². The molecule has 1 aromatic carbocycles. The van der Waals surface area contributed by atoms with Crippen molar-refractivity contribution in [3.63, 3.8) is 0 Å². The Morgan fingerprint density at radius 2 is 2.32 bits per heavy atom. The fourth-order valence-electron chi connectivity index (χ4n) is 2.23. The molecule has 100 valence electrons. The molecule has 0 aromatic heterocycles. The highest BCUT2D eigenvalue weighted by atomic mass is 16.1. The van der Waals surface area contributed by atoms with Gasteiger partial charge in [0.25, 0.3) is 5.91 Å². The maximum Gasteiger partial charge on any atom is 0.252 e. The normalized spacial score (nSPS) is 20.4. The molecular weight excluding hydrogens is 236 g/mol. The molecule has 2 rings (SSSR count). The summed E-state index contributed by atoms with van der Waals surface area (Å²) in [5, 5.41) is 3.07. The first-order valence-electron chi connectivity index (χ1n) is 6.76. The lowest BCUT2D eigenvalue weighted by molar-refractivity contribution is 0.0949. The molecule has 0 bridgehead atoms. The van der Waals surface area contributed by atoms with E-state index >= 15 is 0 Å². The van der Waals surface area contributed by atoms with Gasteiger partial charge >= 0.3 is 0 Å². The maximum absolute atomic E-state index is 12.2. The van der Waals surface area contributed by atoms with Crippen molar-refractivity contribution in [1.29, 1.82) is 0 Å². The largest absolute Gasteiger partial charge is 0.349 e. The molecule has 19 heavy (non-hydrogen) atoms. The first kappa shape index (κ1) is 13.6. The van der Waals surface area contributed by atoms with Gasteiger partial charge in [0.1, 0.15) is 0 Å². The van der Waals surface area contributed by atoms with Crippen LogP contribution in [0, 0.1) is 24.7 Å². The summed E-state index contributed by atoms with van der Waals surface area (Å²) in [7, 11) is 0. The van der Waals surface area contributed by atoms with Crippen molar-refractivity contribution >= 4 is 5.91 Å². The van der Waals surface area contributed by atoms with Crippen molar-refractivity contribution in [2.45, 2.75) is 32.7 Å². The molecule has 0 spiro atoms. The van der Waals surface area contributed by atoms with Crippen LogP contribution < -0.4 is 11.1 Å². The molecule has 1 aromatic rings. The zero-order chi connectivity index (χ0) is 13.8. The SMILES string of the molecule is CCC1CC1NC(=O)c1ccc(C)cc1C#CCN. The summed E-state index contributed by atoms with van der Waals surface area (Å²) in [5.41, 5.74) is 7.89. The minimum atomic E-state index is -0.0257. The molecule has 0 radical (unpaired) electrons. The number of amides is 1. The van der Waals surface area contributed by atoms with Crippen LogP contribution in [0.1, 0.15) is 41.3 Å². The molecule has 2 unspecified atom stereocenters. The van der Waals surface area contributed by atoms with Crippen molar-refractivity contribution < 1.29 is 4.79 Å². The number of rotatable bonds is 3. The topological polar surface area (TPSA) is 55.1 Å². The van der Waals surface area contributed by atoms with Crippen LogP contribution in [0.5, 0.6) is 0 Å². The van der Waals surface area contributed by atoms with Crippen LogP contribution in [0.15, 0.2) is 18.2 Å². The molecule has 0 saturated heterocycles. The van der Waals surface area contributed by atoms with Gasteiger partial charge in [-0.15, -0.1) is 0 Å². The second kappa shape index (κ2) is 5.90. The summed E-state index contributed by atoms with van der Waals surface area (Å²) >= 11 is 0. The van der Waals surface area contributed by atoms with Crippen LogP contribution in [0.25, 0.3) is 0 Å². The van der Waals surface area contributed by atoms with E-state index in [4.69, 9.17) is 5.73 Å². The summed E-state index contributed by atoms with van der Waals surface area (Å²) in [6, 6.07) is 6.05. The van der Waals surface area contributed by atoms with Crippen LogP contribution in [0.4, 0.5) is 0 Å². The maximum atomic E-state index is 12.2. The lowest BCUT2D eigenvalue weighted by Gasteiger charge is -2.07. The van der Waals surface area contributed by atoms with E-state index in [-0.39, 0.29) is 5.91 Å². The highest BCUT2D eigenvalue weighted by Crippen LogP contribution is 2.33. The predicted molar refractivity (Wildman–Crippen MR) is 76.8 cm³/mol. The molecule has 1 amide bonds. The second-order valence-corrected chi connectivity index (χ2v) is 5.04. The number of hydrogen-bond donors (Lipinski definition) is 2. The molecule has 1 fully saturated rings. The zero-order valence-corrected chi connectivity index (χ0v) is 11.5. The van der Waals surface area contributed by atoms with Gasteiger partial charge < -0.3 is 11.1 Å². The number of carbonyl (C=O) groups is 1. The number of aryl methyl sites for hydroxylation is 1. The second-order valence-electron chi connectivity index (χ2n) is 5.04. The lowest BCUT2D eigenvalue weighted by Crippen LogP contribution is -2.27. The van der Waals surface area contributed by atoms with Gasteiger partial charge in [-0.1, -0.05) is 31.3 Å². The van der Waals surface area contributed by atoms with Crippen molar-refractivity contribution in [3.8, 4) is 11.8 Å². The first-order chi connectivity index (χ1) is 9.15. The minimum absolute atomic E-state index is 0.0257. The quantitative estimate of drug-likeness (QED) is 0.811. The van der Waals surface area contributed by atoms with Gasteiger partial charge in [-0.3, -0.25) is 4.79 Å². The summed E-state index contributed by atoms with van der Waals surface area (Å²) in [4.78, 5) is 12.2. The van der Waals surface area contributed by atoms with E-state index < -0.39 is 0 Å². The predicted octanol–water partition coefficient (Wildman–Crippen LogP) is 1.83. The summed E-state index contributed by atoms with van der Waals surface area (Å²) in [6.45, 7) is 4.44. The van der Waals surface area contributed by atoms with E-state index in [1.807, 2.05) is 25.1 Å². The molecule has 0 aliphatic heterocycles. The third-order valence-corrected chi connectivity index (χ3v) is 3.51. The van der Waals surface area contributed by atoms with Gasteiger partial charge in [0.05, 0.1) is 12.1 Å². The van der Waals surface area contributed by atoms with Crippen LogP contribution in [0.3, 0.4) is 0 Å². The number of hydrogen-bond acceptors (Lipinski definition) is 2. The fourth-order valence-corrected chi connectivity index (χ4v) is 2.23. The van der Waals surface area contributed by atoms with Crippen molar-refractivity contribution in [2.75, 3.05) is 6.54 Å². The fraction of sp³-hybridized carbons (Fsp3) is 0.438. The molecule has 0 heterocycles. The first-order valence-corrected chi connectivity index (χ1v) is 6.76. The van der Waals surface area contributed by atoms with Gasteiger partial charge in [-0.05, 0) is 37.0 Å². The van der Waals surface area contributed by atoms with Crippen molar-refractivity contribution in [1.82, 2.24) is 5.32 Å². The lowest BCUT2D eigenvalue weighted by atomic mass is 10.0. The third-order valence-electron chi connectivity index (χ3n) is 3.51. The zero-order valence-electron chi connectivity index (χ0n) is 11.5. The van der Waals surface area contributed by atoms with Crippen molar-refractivity contribution in [3.05, 3.63) is 34.9 Å². The highest BCUT2D eigenvalue weighted by Gasteiger charge is 2.36. The van der Waals surface area contributed by atoms with E-state index in [2.05, 4.69) is 24.1 Å². The Morgan fingerprint density at radius 3 is 2.95 bits per heavy atom. The van der Waals surface area contributed by atoms with E-state index in [0.29, 0.717) is 24.1 Å². The Kier molecular flexibility index (Phi) is 4.24. The van der Waals surface area contributed by atoms with Crippen LogP contribution in [-0.2, 0) is 0 Å². The van der Waals surface area contributed by atoms with E-state index in [0.717, 1.165) is 24.0 Å². The molecule has 3 N–H and O–H groups in total. The Balaban J connectivity index is 2.16. The standard InChI is InChI=1S/C16H20N2O/c1-3-12-10-15(12)18-16(19)14-7-6-11(2)9-13(14)5-4-8-17/h6-7,9,12,15H,3,8,10,17H2,1-2H3,(H,18,19). The Hall–Kier alpha value is -1.79.